The Morgan fingerprint density at radius 1 is 1.47 bits per heavy atom. The molecular weight excluding hydrogens is 352 g/mol. The normalized spacial score (nSPS) is 10.3. The van der Waals surface area contributed by atoms with Crippen molar-refractivity contribution in [3.8, 4) is 0 Å². The van der Waals surface area contributed by atoms with Gasteiger partial charge in [-0.05, 0) is 47.2 Å². The van der Waals surface area contributed by atoms with Gasteiger partial charge in [0.25, 0.3) is 0 Å². The molecule has 0 aliphatic heterocycles. The molecule has 0 radical (unpaired) electrons. The van der Waals surface area contributed by atoms with Crippen LogP contribution in [-0.2, 0) is 9.53 Å². The number of ether oxygens (including phenoxy) is 1. The Labute approximate surface area is 120 Å². The van der Waals surface area contributed by atoms with Crippen molar-refractivity contribution in [2.45, 2.75) is 19.8 Å². The van der Waals surface area contributed by atoms with Gasteiger partial charge in [-0.1, -0.05) is 18.5 Å². The van der Waals surface area contributed by atoms with Crippen molar-refractivity contribution in [1.82, 2.24) is 0 Å². The summed E-state index contributed by atoms with van der Waals surface area (Å²) in [5.41, 5.74) is 0.646. The molecule has 1 rings (SSSR count). The van der Waals surface area contributed by atoms with E-state index in [4.69, 9.17) is 16.3 Å². The van der Waals surface area contributed by atoms with Gasteiger partial charge in [0.1, 0.15) is 0 Å². The fourth-order valence-corrected chi connectivity index (χ4v) is 2.12. The van der Waals surface area contributed by atoms with E-state index in [0.717, 1.165) is 9.99 Å². The van der Waals surface area contributed by atoms with Crippen molar-refractivity contribution < 1.29 is 9.53 Å². The lowest BCUT2D eigenvalue weighted by atomic mass is 10.3. The zero-order valence-electron chi connectivity index (χ0n) is 9.63. The molecule has 0 bridgehead atoms. The van der Waals surface area contributed by atoms with Crippen molar-refractivity contribution in [3.63, 3.8) is 0 Å². The van der Waals surface area contributed by atoms with Gasteiger partial charge in [0.2, 0.25) is 5.91 Å². The maximum atomic E-state index is 11.6. The lowest BCUT2D eigenvalue weighted by Crippen LogP contribution is -2.14. The van der Waals surface area contributed by atoms with Crippen molar-refractivity contribution >= 4 is 45.8 Å². The molecule has 5 heteroatoms. The molecule has 0 atom stereocenters. The first-order valence-corrected chi connectivity index (χ1v) is 6.91. The molecule has 0 aliphatic rings. The Bertz CT molecular complexity index is 385. The summed E-state index contributed by atoms with van der Waals surface area (Å²) in [6.45, 7) is 3.17. The van der Waals surface area contributed by atoms with E-state index in [1.165, 1.54) is 0 Å². The average molecular weight is 368 g/mol. The highest BCUT2D eigenvalue weighted by atomic mass is 127. The van der Waals surface area contributed by atoms with Crippen LogP contribution >= 0.6 is 34.2 Å². The topological polar surface area (TPSA) is 38.3 Å². The number of amides is 1. The van der Waals surface area contributed by atoms with E-state index in [2.05, 4.69) is 27.9 Å². The van der Waals surface area contributed by atoms with Crippen molar-refractivity contribution in [1.29, 1.82) is 0 Å². The fourth-order valence-electron chi connectivity index (χ4n) is 1.21. The summed E-state index contributed by atoms with van der Waals surface area (Å²) < 4.78 is 6.28. The van der Waals surface area contributed by atoms with Crippen LogP contribution < -0.4 is 5.32 Å². The summed E-state index contributed by atoms with van der Waals surface area (Å²) in [4.78, 5) is 11.6. The first kappa shape index (κ1) is 14.7. The summed E-state index contributed by atoms with van der Waals surface area (Å²) in [6, 6.07) is 5.51. The van der Waals surface area contributed by atoms with Gasteiger partial charge in [0.05, 0.1) is 23.7 Å². The molecule has 1 aromatic carbocycles. The van der Waals surface area contributed by atoms with Crippen LogP contribution in [0.25, 0.3) is 0 Å². The molecular formula is C12H15ClINO2. The van der Waals surface area contributed by atoms with Crippen LogP contribution in [0.3, 0.4) is 0 Å². The second-order valence-electron chi connectivity index (χ2n) is 3.53. The minimum atomic E-state index is -0.0794. The standard InChI is InChI=1S/C12H15ClINO2/c1-2-6-17-7-5-12(16)15-11-4-3-9(14)8-10(11)13/h3-4,8H,2,5-7H2,1H3,(H,15,16). The summed E-state index contributed by atoms with van der Waals surface area (Å²) in [7, 11) is 0. The number of anilines is 1. The van der Waals surface area contributed by atoms with E-state index in [1.807, 2.05) is 19.1 Å². The molecule has 1 amide bonds. The van der Waals surface area contributed by atoms with Crippen molar-refractivity contribution in [2.75, 3.05) is 18.5 Å². The van der Waals surface area contributed by atoms with E-state index in [9.17, 15) is 4.79 Å². The summed E-state index contributed by atoms with van der Waals surface area (Å²) in [5, 5.41) is 3.32. The third-order valence-electron chi connectivity index (χ3n) is 2.03. The lowest BCUT2D eigenvalue weighted by Gasteiger charge is -2.07. The molecule has 0 heterocycles. The Morgan fingerprint density at radius 3 is 2.88 bits per heavy atom. The molecule has 94 valence electrons. The third-order valence-corrected chi connectivity index (χ3v) is 3.01. The number of hydrogen-bond donors (Lipinski definition) is 1. The third kappa shape index (κ3) is 5.70. The molecule has 3 nitrogen and oxygen atoms in total. The smallest absolute Gasteiger partial charge is 0.226 e. The predicted octanol–water partition coefficient (Wildman–Crippen LogP) is 3.70. The Kier molecular flexibility index (Phi) is 6.84. The number of halogens is 2. The number of benzene rings is 1. The highest BCUT2D eigenvalue weighted by molar-refractivity contribution is 14.1. The minimum Gasteiger partial charge on any atom is -0.381 e. The fraction of sp³-hybridized carbons (Fsp3) is 0.417. The van der Waals surface area contributed by atoms with Gasteiger partial charge in [-0.2, -0.15) is 0 Å². The lowest BCUT2D eigenvalue weighted by molar-refractivity contribution is -0.117. The van der Waals surface area contributed by atoms with E-state index in [1.54, 1.807) is 6.07 Å². The maximum Gasteiger partial charge on any atom is 0.226 e. The summed E-state index contributed by atoms with van der Waals surface area (Å²) in [5.74, 6) is -0.0794. The largest absolute Gasteiger partial charge is 0.381 e. The van der Waals surface area contributed by atoms with Crippen LogP contribution in [0, 0.1) is 3.57 Å². The van der Waals surface area contributed by atoms with Crippen LogP contribution in [-0.4, -0.2) is 19.1 Å². The SMILES string of the molecule is CCCOCCC(=O)Nc1ccc(I)cc1Cl. The van der Waals surface area contributed by atoms with E-state index < -0.39 is 0 Å². The van der Waals surface area contributed by atoms with Crippen LogP contribution in [0.1, 0.15) is 19.8 Å². The quantitative estimate of drug-likeness (QED) is 0.615. The highest BCUT2D eigenvalue weighted by Crippen LogP contribution is 2.23. The van der Waals surface area contributed by atoms with Gasteiger partial charge >= 0.3 is 0 Å². The highest BCUT2D eigenvalue weighted by Gasteiger charge is 2.05. The van der Waals surface area contributed by atoms with Gasteiger partial charge in [0, 0.05) is 10.2 Å². The predicted molar refractivity (Wildman–Crippen MR) is 78.5 cm³/mol. The number of rotatable bonds is 6. The summed E-state index contributed by atoms with van der Waals surface area (Å²) >= 11 is 8.18. The van der Waals surface area contributed by atoms with E-state index in [0.29, 0.717) is 30.3 Å². The number of carbonyl (C=O) groups excluding carboxylic acids is 1. The van der Waals surface area contributed by atoms with Crippen LogP contribution in [0.15, 0.2) is 18.2 Å². The molecule has 17 heavy (non-hydrogen) atoms. The summed E-state index contributed by atoms with van der Waals surface area (Å²) in [6.07, 6.45) is 1.31. The Hall–Kier alpha value is -0.330. The second-order valence-corrected chi connectivity index (χ2v) is 5.19. The van der Waals surface area contributed by atoms with Gasteiger partial charge < -0.3 is 10.1 Å². The maximum absolute atomic E-state index is 11.6. The first-order valence-electron chi connectivity index (χ1n) is 5.46. The van der Waals surface area contributed by atoms with Crippen molar-refractivity contribution in [3.05, 3.63) is 26.8 Å². The van der Waals surface area contributed by atoms with Gasteiger partial charge in [-0.15, -0.1) is 0 Å². The monoisotopic (exact) mass is 367 g/mol. The van der Waals surface area contributed by atoms with E-state index in [-0.39, 0.29) is 5.91 Å². The molecule has 1 aromatic rings. The molecule has 0 unspecified atom stereocenters. The van der Waals surface area contributed by atoms with Gasteiger partial charge in [-0.25, -0.2) is 0 Å². The minimum absolute atomic E-state index is 0.0794. The van der Waals surface area contributed by atoms with Crippen LogP contribution in [0.2, 0.25) is 5.02 Å². The molecule has 0 aromatic heterocycles. The van der Waals surface area contributed by atoms with Gasteiger partial charge in [0.15, 0.2) is 0 Å². The Balaban J connectivity index is 2.40. The first-order chi connectivity index (χ1) is 8.13. The van der Waals surface area contributed by atoms with Crippen LogP contribution in [0.4, 0.5) is 5.69 Å². The average Bonchev–Trinajstić information content (AvgIpc) is 2.28. The van der Waals surface area contributed by atoms with Crippen LogP contribution in [0.5, 0.6) is 0 Å². The second kappa shape index (κ2) is 7.89. The zero-order chi connectivity index (χ0) is 12.7. The van der Waals surface area contributed by atoms with Gasteiger partial charge in [-0.3, -0.25) is 4.79 Å². The van der Waals surface area contributed by atoms with Crippen molar-refractivity contribution in [2.24, 2.45) is 0 Å². The molecule has 0 saturated carbocycles. The molecule has 1 N–H and O–H groups in total. The Morgan fingerprint density at radius 2 is 2.24 bits per heavy atom. The van der Waals surface area contributed by atoms with E-state index >= 15 is 0 Å². The molecule has 0 saturated heterocycles. The number of nitrogens with one attached hydrogen (secondary N) is 1. The molecule has 0 spiro atoms. The number of carbonyl (C=O) groups is 1. The molecule has 0 aliphatic carbocycles. The zero-order valence-corrected chi connectivity index (χ0v) is 12.5. The molecule has 0 fully saturated rings. The number of hydrogen-bond acceptors (Lipinski definition) is 2.